The molecular formula is C22H19N5O. The minimum atomic E-state index is -0.156. The van der Waals surface area contributed by atoms with Crippen LogP contribution < -0.4 is 5.32 Å². The zero-order valence-electron chi connectivity index (χ0n) is 15.4. The molecule has 138 valence electrons. The molecule has 1 aliphatic rings. The van der Waals surface area contributed by atoms with Crippen molar-refractivity contribution in [3.05, 3.63) is 84.4 Å². The van der Waals surface area contributed by atoms with E-state index in [0.29, 0.717) is 12.2 Å². The van der Waals surface area contributed by atoms with E-state index in [1.165, 1.54) is 0 Å². The number of para-hydroxylation sites is 1. The fourth-order valence-corrected chi connectivity index (χ4v) is 3.85. The van der Waals surface area contributed by atoms with Crippen LogP contribution in [0.3, 0.4) is 0 Å². The van der Waals surface area contributed by atoms with Crippen LogP contribution in [0.1, 0.15) is 23.7 Å². The molecule has 1 N–H and O–H groups in total. The van der Waals surface area contributed by atoms with Gasteiger partial charge in [-0.05, 0) is 12.1 Å². The van der Waals surface area contributed by atoms with Crippen LogP contribution in [-0.4, -0.2) is 25.2 Å². The lowest BCUT2D eigenvalue weighted by Crippen LogP contribution is -2.26. The van der Waals surface area contributed by atoms with E-state index in [9.17, 15) is 4.79 Å². The number of rotatable bonds is 3. The monoisotopic (exact) mass is 369 g/mol. The zero-order valence-corrected chi connectivity index (χ0v) is 15.4. The molecule has 0 bridgehead atoms. The van der Waals surface area contributed by atoms with Gasteiger partial charge in [0.15, 0.2) is 0 Å². The van der Waals surface area contributed by atoms with E-state index >= 15 is 0 Å². The summed E-state index contributed by atoms with van der Waals surface area (Å²) in [7, 11) is 1.96. The maximum atomic E-state index is 12.6. The zero-order chi connectivity index (χ0) is 19.1. The summed E-state index contributed by atoms with van der Waals surface area (Å²) in [6.07, 6.45) is 4.02. The highest BCUT2D eigenvalue weighted by Gasteiger charge is 2.36. The summed E-state index contributed by atoms with van der Waals surface area (Å²) in [5, 5.41) is 7.97. The van der Waals surface area contributed by atoms with Crippen molar-refractivity contribution in [2.45, 2.75) is 12.3 Å². The fraction of sp³-hybridized carbons (Fsp3) is 0.136. The molecule has 28 heavy (non-hydrogen) atoms. The molecule has 4 aromatic rings. The number of aromatic nitrogens is 4. The first-order chi connectivity index (χ1) is 13.7. The molecule has 6 heteroatoms. The van der Waals surface area contributed by atoms with Crippen LogP contribution in [-0.2, 0) is 11.8 Å². The third-order valence-corrected chi connectivity index (χ3v) is 5.14. The van der Waals surface area contributed by atoms with Gasteiger partial charge in [0, 0.05) is 37.0 Å². The number of carbonyl (C=O) groups is 1. The first-order valence-corrected chi connectivity index (χ1v) is 9.23. The van der Waals surface area contributed by atoms with E-state index in [0.717, 1.165) is 28.3 Å². The van der Waals surface area contributed by atoms with Crippen molar-refractivity contribution in [2.24, 2.45) is 7.05 Å². The smallest absolute Gasteiger partial charge is 0.226 e. The van der Waals surface area contributed by atoms with E-state index in [1.807, 2.05) is 83.2 Å². The number of fused-ring (bicyclic) bond motifs is 1. The summed E-state index contributed by atoms with van der Waals surface area (Å²) in [6, 6.07) is 19.9. The Labute approximate surface area is 162 Å². The maximum absolute atomic E-state index is 12.6. The molecule has 2 aromatic heterocycles. The first kappa shape index (κ1) is 16.5. The molecule has 6 nitrogen and oxygen atoms in total. The van der Waals surface area contributed by atoms with Gasteiger partial charge in [0.2, 0.25) is 5.91 Å². The van der Waals surface area contributed by atoms with E-state index in [4.69, 9.17) is 5.10 Å². The Hall–Kier alpha value is -3.67. The van der Waals surface area contributed by atoms with Crippen LogP contribution in [0.4, 0.5) is 5.82 Å². The van der Waals surface area contributed by atoms with Gasteiger partial charge in [-0.15, -0.1) is 0 Å². The first-order valence-electron chi connectivity index (χ1n) is 9.23. The SMILES string of the molecule is Cn1ccnc1[C@H]1CC(=O)Nc2c1c(-c1ccccc1)nn2-c1ccccc1. The Morgan fingerprint density at radius 2 is 1.75 bits per heavy atom. The average molecular weight is 369 g/mol. The van der Waals surface area contributed by atoms with Gasteiger partial charge in [-0.2, -0.15) is 5.10 Å². The van der Waals surface area contributed by atoms with Crippen molar-refractivity contribution in [2.75, 3.05) is 5.32 Å². The molecule has 5 rings (SSSR count). The number of nitrogens with one attached hydrogen (secondary N) is 1. The molecular weight excluding hydrogens is 350 g/mol. The second kappa shape index (κ2) is 6.49. The van der Waals surface area contributed by atoms with Crippen LogP contribution in [0.2, 0.25) is 0 Å². The second-order valence-electron chi connectivity index (χ2n) is 6.93. The average Bonchev–Trinajstić information content (AvgIpc) is 3.32. The summed E-state index contributed by atoms with van der Waals surface area (Å²) >= 11 is 0. The van der Waals surface area contributed by atoms with E-state index in [1.54, 1.807) is 6.20 Å². The van der Waals surface area contributed by atoms with Gasteiger partial charge in [0.05, 0.1) is 17.3 Å². The van der Waals surface area contributed by atoms with Crippen LogP contribution in [0.15, 0.2) is 73.1 Å². The van der Waals surface area contributed by atoms with Crippen molar-refractivity contribution in [3.63, 3.8) is 0 Å². The number of nitrogens with zero attached hydrogens (tertiary/aromatic N) is 4. The Morgan fingerprint density at radius 1 is 1.04 bits per heavy atom. The Balaban J connectivity index is 1.79. The van der Waals surface area contributed by atoms with Crippen LogP contribution >= 0.6 is 0 Å². The van der Waals surface area contributed by atoms with E-state index in [2.05, 4.69) is 10.3 Å². The van der Waals surface area contributed by atoms with Gasteiger partial charge in [0.1, 0.15) is 11.6 Å². The van der Waals surface area contributed by atoms with Gasteiger partial charge in [-0.3, -0.25) is 4.79 Å². The van der Waals surface area contributed by atoms with Crippen molar-refractivity contribution in [3.8, 4) is 16.9 Å². The minimum absolute atomic E-state index is 0.0304. The van der Waals surface area contributed by atoms with Gasteiger partial charge < -0.3 is 9.88 Å². The summed E-state index contributed by atoms with van der Waals surface area (Å²) in [5.41, 5.74) is 3.79. The highest BCUT2D eigenvalue weighted by atomic mass is 16.1. The molecule has 0 fully saturated rings. The van der Waals surface area contributed by atoms with Gasteiger partial charge >= 0.3 is 0 Å². The third kappa shape index (κ3) is 2.62. The Bertz CT molecular complexity index is 1140. The summed E-state index contributed by atoms with van der Waals surface area (Å²) in [5.74, 6) is 1.39. The lowest BCUT2D eigenvalue weighted by Gasteiger charge is -2.24. The number of imidazole rings is 1. The minimum Gasteiger partial charge on any atom is -0.337 e. The molecule has 0 spiro atoms. The van der Waals surface area contributed by atoms with Crippen molar-refractivity contribution >= 4 is 11.7 Å². The molecule has 0 saturated heterocycles. The molecule has 0 saturated carbocycles. The lowest BCUT2D eigenvalue weighted by atomic mass is 9.89. The quantitative estimate of drug-likeness (QED) is 0.598. The summed E-state index contributed by atoms with van der Waals surface area (Å²) < 4.78 is 3.80. The molecule has 1 aliphatic heterocycles. The topological polar surface area (TPSA) is 64.7 Å². The molecule has 2 aromatic carbocycles. The highest BCUT2D eigenvalue weighted by Crippen LogP contribution is 2.43. The van der Waals surface area contributed by atoms with Crippen molar-refractivity contribution in [1.29, 1.82) is 0 Å². The molecule has 0 aliphatic carbocycles. The van der Waals surface area contributed by atoms with E-state index in [-0.39, 0.29) is 11.8 Å². The molecule has 0 unspecified atom stereocenters. The number of hydrogen-bond donors (Lipinski definition) is 1. The number of benzene rings is 2. The normalized spacial score (nSPS) is 15.9. The second-order valence-corrected chi connectivity index (χ2v) is 6.93. The molecule has 0 radical (unpaired) electrons. The molecule has 1 amide bonds. The number of carbonyl (C=O) groups excluding carboxylic acids is 1. The van der Waals surface area contributed by atoms with Crippen LogP contribution in [0, 0.1) is 0 Å². The van der Waals surface area contributed by atoms with Gasteiger partial charge in [-0.1, -0.05) is 48.5 Å². The molecule has 1 atom stereocenters. The number of aryl methyl sites for hydroxylation is 1. The largest absolute Gasteiger partial charge is 0.337 e. The summed E-state index contributed by atoms with van der Waals surface area (Å²) in [6.45, 7) is 0. The fourth-order valence-electron chi connectivity index (χ4n) is 3.85. The van der Waals surface area contributed by atoms with E-state index < -0.39 is 0 Å². The van der Waals surface area contributed by atoms with Crippen LogP contribution in [0.25, 0.3) is 16.9 Å². The van der Waals surface area contributed by atoms with Gasteiger partial charge in [0.25, 0.3) is 0 Å². The number of hydrogen-bond acceptors (Lipinski definition) is 3. The van der Waals surface area contributed by atoms with Gasteiger partial charge in [-0.25, -0.2) is 9.67 Å². The van der Waals surface area contributed by atoms with Crippen molar-refractivity contribution in [1.82, 2.24) is 19.3 Å². The number of amides is 1. The predicted octanol–water partition coefficient (Wildman–Crippen LogP) is 3.75. The Kier molecular flexibility index (Phi) is 3.83. The maximum Gasteiger partial charge on any atom is 0.226 e. The predicted molar refractivity (Wildman–Crippen MR) is 107 cm³/mol. The Morgan fingerprint density at radius 3 is 2.43 bits per heavy atom. The van der Waals surface area contributed by atoms with Crippen LogP contribution in [0.5, 0.6) is 0 Å². The third-order valence-electron chi connectivity index (χ3n) is 5.14. The highest BCUT2D eigenvalue weighted by molar-refractivity contribution is 5.96. The standard InChI is InChI=1S/C22H19N5O/c1-26-13-12-23-21(26)17-14-18(28)24-22-19(17)20(15-8-4-2-5-9-15)25-27(22)16-10-6-3-7-11-16/h2-13,17H,14H2,1H3,(H,24,28)/t17-/m0/s1. The summed E-state index contributed by atoms with van der Waals surface area (Å²) in [4.78, 5) is 17.1. The lowest BCUT2D eigenvalue weighted by molar-refractivity contribution is -0.116. The number of anilines is 1. The molecule has 3 heterocycles. The van der Waals surface area contributed by atoms with Crippen molar-refractivity contribution < 1.29 is 4.79 Å².